The molecule has 0 aromatic heterocycles. The molecular formula is C14H21F3N2. The number of hydrogen-bond acceptors (Lipinski definition) is 2. The first-order valence-corrected chi connectivity index (χ1v) is 6.43. The molecule has 0 bridgehead atoms. The van der Waals surface area contributed by atoms with Gasteiger partial charge < -0.3 is 5.73 Å². The number of benzene rings is 1. The molecule has 0 radical (unpaired) electrons. The van der Waals surface area contributed by atoms with Crippen molar-refractivity contribution in [3.63, 3.8) is 0 Å². The number of halogens is 3. The lowest BCUT2D eigenvalue weighted by molar-refractivity contribution is -0.146. The number of hydrogen-bond donors (Lipinski definition) is 1. The van der Waals surface area contributed by atoms with Crippen LogP contribution in [0.15, 0.2) is 30.3 Å². The van der Waals surface area contributed by atoms with Crippen molar-refractivity contribution >= 4 is 0 Å². The summed E-state index contributed by atoms with van der Waals surface area (Å²) in [6, 6.07) is 9.22. The van der Waals surface area contributed by atoms with E-state index < -0.39 is 12.7 Å². The first kappa shape index (κ1) is 16.0. The zero-order valence-corrected chi connectivity index (χ0v) is 11.3. The van der Waals surface area contributed by atoms with E-state index in [0.717, 1.165) is 5.56 Å². The molecule has 0 saturated carbocycles. The van der Waals surface area contributed by atoms with E-state index in [1.165, 1.54) is 4.90 Å². The number of rotatable bonds is 6. The summed E-state index contributed by atoms with van der Waals surface area (Å²) >= 11 is 0. The van der Waals surface area contributed by atoms with Crippen LogP contribution in [-0.4, -0.2) is 30.7 Å². The minimum Gasteiger partial charge on any atom is -0.324 e. The molecule has 1 aromatic carbocycles. The maximum absolute atomic E-state index is 12.4. The molecule has 0 spiro atoms. The minimum atomic E-state index is -4.16. The quantitative estimate of drug-likeness (QED) is 0.863. The Labute approximate surface area is 112 Å². The fourth-order valence-corrected chi connectivity index (χ4v) is 2.08. The molecule has 2 N–H and O–H groups in total. The maximum Gasteiger partial charge on any atom is 0.401 e. The lowest BCUT2D eigenvalue weighted by Crippen LogP contribution is -2.39. The molecule has 5 heteroatoms. The summed E-state index contributed by atoms with van der Waals surface area (Å²) in [6.07, 6.45) is -4.16. The Morgan fingerprint density at radius 3 is 2.26 bits per heavy atom. The summed E-state index contributed by atoms with van der Waals surface area (Å²) < 4.78 is 37.2. The molecule has 2 unspecified atom stereocenters. The molecule has 0 saturated heterocycles. The fraction of sp³-hybridized carbons (Fsp3) is 0.571. The predicted octanol–water partition coefficient (Wildman–Crippen LogP) is 3.21. The lowest BCUT2D eigenvalue weighted by Gasteiger charge is -2.28. The van der Waals surface area contributed by atoms with Gasteiger partial charge in [0.1, 0.15) is 0 Å². The SMILES string of the molecule is CCN(CC(C)C(N)c1ccccc1)CC(F)(F)F. The van der Waals surface area contributed by atoms with Crippen molar-refractivity contribution in [2.45, 2.75) is 26.1 Å². The van der Waals surface area contributed by atoms with Crippen LogP contribution >= 0.6 is 0 Å². The topological polar surface area (TPSA) is 29.3 Å². The van der Waals surface area contributed by atoms with Gasteiger partial charge in [0.2, 0.25) is 0 Å². The normalized spacial score (nSPS) is 15.5. The van der Waals surface area contributed by atoms with Gasteiger partial charge in [-0.2, -0.15) is 13.2 Å². The molecule has 0 aliphatic heterocycles. The van der Waals surface area contributed by atoms with Gasteiger partial charge in [-0.25, -0.2) is 0 Å². The first-order valence-electron chi connectivity index (χ1n) is 6.43. The van der Waals surface area contributed by atoms with Gasteiger partial charge in [-0.05, 0) is 18.0 Å². The Bertz CT molecular complexity index is 365. The molecule has 0 aliphatic carbocycles. The van der Waals surface area contributed by atoms with Crippen LogP contribution in [0.4, 0.5) is 13.2 Å². The second-order valence-electron chi connectivity index (χ2n) is 4.86. The predicted molar refractivity (Wildman–Crippen MR) is 70.7 cm³/mol. The van der Waals surface area contributed by atoms with Crippen molar-refractivity contribution in [3.05, 3.63) is 35.9 Å². The Kier molecular flexibility index (Phi) is 5.82. The van der Waals surface area contributed by atoms with Crippen molar-refractivity contribution in [1.82, 2.24) is 4.90 Å². The van der Waals surface area contributed by atoms with Crippen molar-refractivity contribution < 1.29 is 13.2 Å². The number of nitrogens with two attached hydrogens (primary N) is 1. The molecule has 0 fully saturated rings. The summed E-state index contributed by atoms with van der Waals surface area (Å²) in [7, 11) is 0. The van der Waals surface area contributed by atoms with E-state index in [9.17, 15) is 13.2 Å². The highest BCUT2D eigenvalue weighted by atomic mass is 19.4. The molecule has 2 nitrogen and oxygen atoms in total. The van der Waals surface area contributed by atoms with Gasteiger partial charge >= 0.3 is 6.18 Å². The van der Waals surface area contributed by atoms with Crippen LogP contribution in [0.1, 0.15) is 25.5 Å². The third-order valence-corrected chi connectivity index (χ3v) is 3.19. The molecular weight excluding hydrogens is 253 g/mol. The summed E-state index contributed by atoms with van der Waals surface area (Å²) in [5.74, 6) is -0.0373. The first-order chi connectivity index (χ1) is 8.83. The summed E-state index contributed by atoms with van der Waals surface area (Å²) in [5.41, 5.74) is 7.05. The smallest absolute Gasteiger partial charge is 0.324 e. The largest absolute Gasteiger partial charge is 0.401 e. The van der Waals surface area contributed by atoms with Crippen LogP contribution in [0.5, 0.6) is 0 Å². The van der Waals surface area contributed by atoms with Crippen molar-refractivity contribution in [2.24, 2.45) is 11.7 Å². The maximum atomic E-state index is 12.4. The van der Waals surface area contributed by atoms with Crippen molar-refractivity contribution in [1.29, 1.82) is 0 Å². The van der Waals surface area contributed by atoms with Crippen LogP contribution < -0.4 is 5.73 Å². The molecule has 1 rings (SSSR count). The van der Waals surface area contributed by atoms with Crippen LogP contribution in [-0.2, 0) is 0 Å². The highest BCUT2D eigenvalue weighted by Crippen LogP contribution is 2.22. The van der Waals surface area contributed by atoms with Crippen LogP contribution in [0.2, 0.25) is 0 Å². The van der Waals surface area contributed by atoms with Gasteiger partial charge in [0.25, 0.3) is 0 Å². The van der Waals surface area contributed by atoms with Gasteiger partial charge in [0.15, 0.2) is 0 Å². The van der Waals surface area contributed by atoms with Gasteiger partial charge in [-0.3, -0.25) is 4.90 Å². The summed E-state index contributed by atoms with van der Waals surface area (Å²) in [4.78, 5) is 1.38. The second-order valence-corrected chi connectivity index (χ2v) is 4.86. The van der Waals surface area contributed by atoms with Crippen molar-refractivity contribution in [2.75, 3.05) is 19.6 Å². The number of alkyl halides is 3. The van der Waals surface area contributed by atoms with Gasteiger partial charge in [-0.1, -0.05) is 44.2 Å². The van der Waals surface area contributed by atoms with Gasteiger partial charge in [0.05, 0.1) is 6.54 Å². The Hall–Kier alpha value is -1.07. The van der Waals surface area contributed by atoms with E-state index in [-0.39, 0.29) is 12.0 Å². The second kappa shape index (κ2) is 6.91. The average Bonchev–Trinajstić information content (AvgIpc) is 2.36. The van der Waals surface area contributed by atoms with Crippen LogP contribution in [0.3, 0.4) is 0 Å². The molecule has 0 aliphatic rings. The van der Waals surface area contributed by atoms with E-state index in [1.54, 1.807) is 6.92 Å². The monoisotopic (exact) mass is 274 g/mol. The standard InChI is InChI=1S/C14H21F3N2/c1-3-19(10-14(15,16)17)9-11(2)13(18)12-7-5-4-6-8-12/h4-8,11,13H,3,9-10,18H2,1-2H3. The highest BCUT2D eigenvalue weighted by molar-refractivity contribution is 5.19. The molecule has 19 heavy (non-hydrogen) atoms. The summed E-state index contributed by atoms with van der Waals surface area (Å²) in [5, 5.41) is 0. The molecule has 0 amide bonds. The van der Waals surface area contributed by atoms with Gasteiger partial charge in [-0.15, -0.1) is 0 Å². The Morgan fingerprint density at radius 2 is 1.79 bits per heavy atom. The van der Waals surface area contributed by atoms with E-state index in [1.807, 2.05) is 37.3 Å². The molecule has 108 valence electrons. The van der Waals surface area contributed by atoms with E-state index in [4.69, 9.17) is 5.73 Å². The van der Waals surface area contributed by atoms with E-state index in [2.05, 4.69) is 0 Å². The average molecular weight is 274 g/mol. The van der Waals surface area contributed by atoms with Crippen LogP contribution in [0.25, 0.3) is 0 Å². The Balaban J connectivity index is 2.60. The summed E-state index contributed by atoms with van der Waals surface area (Å²) in [6.45, 7) is 3.44. The van der Waals surface area contributed by atoms with Gasteiger partial charge in [0, 0.05) is 12.6 Å². The third-order valence-electron chi connectivity index (χ3n) is 3.19. The Morgan fingerprint density at radius 1 is 1.21 bits per heavy atom. The zero-order valence-electron chi connectivity index (χ0n) is 11.3. The fourth-order valence-electron chi connectivity index (χ4n) is 2.08. The van der Waals surface area contributed by atoms with Crippen molar-refractivity contribution in [3.8, 4) is 0 Å². The lowest BCUT2D eigenvalue weighted by atomic mass is 9.95. The molecule has 2 atom stereocenters. The zero-order chi connectivity index (χ0) is 14.5. The highest BCUT2D eigenvalue weighted by Gasteiger charge is 2.31. The molecule has 0 heterocycles. The molecule has 1 aromatic rings. The third kappa shape index (κ3) is 5.61. The van der Waals surface area contributed by atoms with Crippen LogP contribution in [0, 0.1) is 5.92 Å². The van der Waals surface area contributed by atoms with E-state index >= 15 is 0 Å². The minimum absolute atomic E-state index is 0.0373. The van der Waals surface area contributed by atoms with E-state index in [0.29, 0.717) is 13.1 Å². The number of nitrogens with zero attached hydrogens (tertiary/aromatic N) is 1.